The van der Waals surface area contributed by atoms with Crippen molar-refractivity contribution >= 4 is 0 Å². The highest BCUT2D eigenvalue weighted by Crippen LogP contribution is 2.24. The maximum Gasteiger partial charge on any atom is 0.0765 e. The van der Waals surface area contributed by atoms with Crippen molar-refractivity contribution in [2.75, 3.05) is 26.8 Å². The molecular formula is C16H26N2O2. The van der Waals surface area contributed by atoms with Gasteiger partial charge in [0.15, 0.2) is 0 Å². The number of hydrogen-bond donors (Lipinski definition) is 3. The minimum absolute atomic E-state index is 0.301. The zero-order valence-electron chi connectivity index (χ0n) is 12.5. The van der Waals surface area contributed by atoms with Crippen molar-refractivity contribution < 1.29 is 9.84 Å². The Hall–Kier alpha value is -0.940. The second-order valence-electron chi connectivity index (χ2n) is 5.84. The molecule has 1 aliphatic heterocycles. The Balaban J connectivity index is 1.99. The van der Waals surface area contributed by atoms with E-state index in [2.05, 4.69) is 34.9 Å². The second kappa shape index (κ2) is 7.18. The highest BCUT2D eigenvalue weighted by Gasteiger charge is 2.23. The first-order chi connectivity index (χ1) is 9.62. The fourth-order valence-corrected chi connectivity index (χ4v) is 2.63. The van der Waals surface area contributed by atoms with E-state index in [1.165, 1.54) is 11.1 Å². The summed E-state index contributed by atoms with van der Waals surface area (Å²) in [5, 5.41) is 17.3. The van der Waals surface area contributed by atoms with Gasteiger partial charge >= 0.3 is 0 Å². The minimum atomic E-state index is -0.731. The third-order valence-electron chi connectivity index (χ3n) is 3.93. The van der Waals surface area contributed by atoms with Crippen LogP contribution in [0, 0.1) is 0 Å². The van der Waals surface area contributed by atoms with Crippen LogP contribution in [-0.2, 0) is 11.3 Å². The van der Waals surface area contributed by atoms with Gasteiger partial charge in [-0.15, -0.1) is 0 Å². The smallest absolute Gasteiger partial charge is 0.0765 e. The zero-order valence-corrected chi connectivity index (χ0v) is 12.5. The molecule has 0 fully saturated rings. The van der Waals surface area contributed by atoms with Crippen molar-refractivity contribution in [2.45, 2.75) is 38.0 Å². The molecule has 2 atom stereocenters. The summed E-state index contributed by atoms with van der Waals surface area (Å²) in [7, 11) is 1.66. The summed E-state index contributed by atoms with van der Waals surface area (Å²) in [6.45, 7) is 4.94. The monoisotopic (exact) mass is 278 g/mol. The van der Waals surface area contributed by atoms with Gasteiger partial charge < -0.3 is 20.5 Å². The number of aliphatic hydroxyl groups is 1. The first-order valence-corrected chi connectivity index (χ1v) is 7.35. The van der Waals surface area contributed by atoms with Crippen molar-refractivity contribution in [3.63, 3.8) is 0 Å². The Morgan fingerprint density at radius 1 is 1.45 bits per heavy atom. The van der Waals surface area contributed by atoms with Crippen molar-refractivity contribution in [1.29, 1.82) is 0 Å². The standard InChI is InChI=1S/C16H26N2O2/c1-16(19,8-10-20-2)12-18-15-7-9-17-11-13-5-3-4-6-14(13)15/h3-6,15,17-19H,7-12H2,1-2H3. The lowest BCUT2D eigenvalue weighted by atomic mass is 9.97. The molecule has 4 nitrogen and oxygen atoms in total. The van der Waals surface area contributed by atoms with E-state index in [1.54, 1.807) is 7.11 Å². The minimum Gasteiger partial charge on any atom is -0.389 e. The summed E-state index contributed by atoms with van der Waals surface area (Å²) in [6.07, 6.45) is 1.68. The SMILES string of the molecule is COCCC(C)(O)CNC1CCNCc2ccccc21. The zero-order chi connectivity index (χ0) is 14.4. The molecule has 2 rings (SSSR count). The molecule has 0 spiro atoms. The molecule has 3 N–H and O–H groups in total. The summed E-state index contributed by atoms with van der Waals surface area (Å²) in [6, 6.07) is 8.82. The van der Waals surface area contributed by atoms with Crippen LogP contribution < -0.4 is 10.6 Å². The van der Waals surface area contributed by atoms with E-state index in [9.17, 15) is 5.11 Å². The lowest BCUT2D eigenvalue weighted by Crippen LogP contribution is -2.40. The largest absolute Gasteiger partial charge is 0.389 e. The molecule has 0 bridgehead atoms. The average Bonchev–Trinajstić information content (AvgIpc) is 2.65. The third kappa shape index (κ3) is 4.28. The molecule has 0 saturated heterocycles. The Bertz CT molecular complexity index is 421. The number of methoxy groups -OCH3 is 1. The van der Waals surface area contributed by atoms with Crippen molar-refractivity contribution in [1.82, 2.24) is 10.6 Å². The number of nitrogens with one attached hydrogen (secondary N) is 2. The molecule has 0 saturated carbocycles. The van der Waals surface area contributed by atoms with Crippen LogP contribution in [0.1, 0.15) is 36.9 Å². The van der Waals surface area contributed by atoms with Crippen LogP contribution >= 0.6 is 0 Å². The fourth-order valence-electron chi connectivity index (χ4n) is 2.63. The Morgan fingerprint density at radius 3 is 3.05 bits per heavy atom. The molecule has 112 valence electrons. The molecule has 1 heterocycles. The van der Waals surface area contributed by atoms with Crippen LogP contribution in [0.25, 0.3) is 0 Å². The van der Waals surface area contributed by atoms with E-state index in [1.807, 2.05) is 6.92 Å². The van der Waals surface area contributed by atoms with Crippen LogP contribution in [0.3, 0.4) is 0 Å². The van der Waals surface area contributed by atoms with Gasteiger partial charge in [0.05, 0.1) is 5.60 Å². The van der Waals surface area contributed by atoms with Gasteiger partial charge in [-0.05, 0) is 31.0 Å². The molecule has 0 aliphatic carbocycles. The van der Waals surface area contributed by atoms with Gasteiger partial charge in [0.2, 0.25) is 0 Å². The molecule has 0 aromatic heterocycles. The van der Waals surface area contributed by atoms with Gasteiger partial charge in [-0.2, -0.15) is 0 Å². The summed E-state index contributed by atoms with van der Waals surface area (Å²) >= 11 is 0. The van der Waals surface area contributed by atoms with E-state index in [0.29, 0.717) is 25.6 Å². The Morgan fingerprint density at radius 2 is 2.25 bits per heavy atom. The normalized spacial score (nSPS) is 21.9. The highest BCUT2D eigenvalue weighted by molar-refractivity contribution is 5.31. The molecule has 1 aliphatic rings. The van der Waals surface area contributed by atoms with Crippen LogP contribution in [0.15, 0.2) is 24.3 Å². The van der Waals surface area contributed by atoms with Crippen molar-refractivity contribution in [3.05, 3.63) is 35.4 Å². The number of rotatable bonds is 6. The maximum atomic E-state index is 10.3. The number of ether oxygens (including phenoxy) is 1. The molecule has 1 aromatic carbocycles. The van der Waals surface area contributed by atoms with Gasteiger partial charge in [0, 0.05) is 39.3 Å². The van der Waals surface area contributed by atoms with E-state index in [-0.39, 0.29) is 0 Å². The number of hydrogen-bond acceptors (Lipinski definition) is 4. The Labute approximate surface area is 121 Å². The van der Waals surface area contributed by atoms with Gasteiger partial charge in [0.1, 0.15) is 0 Å². The van der Waals surface area contributed by atoms with Crippen LogP contribution in [0.4, 0.5) is 0 Å². The van der Waals surface area contributed by atoms with Gasteiger partial charge in [-0.1, -0.05) is 24.3 Å². The third-order valence-corrected chi connectivity index (χ3v) is 3.93. The van der Waals surface area contributed by atoms with E-state index in [4.69, 9.17) is 4.74 Å². The molecule has 0 amide bonds. The molecule has 20 heavy (non-hydrogen) atoms. The summed E-state index contributed by atoms with van der Waals surface area (Å²) in [5.41, 5.74) is 1.96. The van der Waals surface area contributed by atoms with E-state index < -0.39 is 5.60 Å². The summed E-state index contributed by atoms with van der Waals surface area (Å²) in [5.74, 6) is 0. The average molecular weight is 278 g/mol. The van der Waals surface area contributed by atoms with Gasteiger partial charge in [-0.25, -0.2) is 0 Å². The van der Waals surface area contributed by atoms with Crippen molar-refractivity contribution in [2.24, 2.45) is 0 Å². The Kier molecular flexibility index (Phi) is 5.54. The number of fused-ring (bicyclic) bond motifs is 1. The fraction of sp³-hybridized carbons (Fsp3) is 0.625. The predicted molar refractivity (Wildman–Crippen MR) is 80.6 cm³/mol. The molecule has 1 aromatic rings. The molecule has 0 radical (unpaired) electrons. The van der Waals surface area contributed by atoms with Gasteiger partial charge in [0.25, 0.3) is 0 Å². The lowest BCUT2D eigenvalue weighted by Gasteiger charge is -2.27. The molecule has 4 heteroatoms. The molecular weight excluding hydrogens is 252 g/mol. The van der Waals surface area contributed by atoms with E-state index in [0.717, 1.165) is 19.5 Å². The topological polar surface area (TPSA) is 53.5 Å². The van der Waals surface area contributed by atoms with Crippen molar-refractivity contribution in [3.8, 4) is 0 Å². The van der Waals surface area contributed by atoms with Crippen LogP contribution in [-0.4, -0.2) is 37.5 Å². The molecule has 2 unspecified atom stereocenters. The first kappa shape index (κ1) is 15.4. The predicted octanol–water partition coefficient (Wildman–Crippen LogP) is 1.60. The van der Waals surface area contributed by atoms with Gasteiger partial charge in [-0.3, -0.25) is 0 Å². The van der Waals surface area contributed by atoms with Crippen LogP contribution in [0.5, 0.6) is 0 Å². The first-order valence-electron chi connectivity index (χ1n) is 7.35. The second-order valence-corrected chi connectivity index (χ2v) is 5.84. The van der Waals surface area contributed by atoms with E-state index >= 15 is 0 Å². The number of benzene rings is 1. The lowest BCUT2D eigenvalue weighted by molar-refractivity contribution is 0.0225. The summed E-state index contributed by atoms with van der Waals surface area (Å²) < 4.78 is 5.05. The quantitative estimate of drug-likeness (QED) is 0.740. The summed E-state index contributed by atoms with van der Waals surface area (Å²) in [4.78, 5) is 0. The maximum absolute atomic E-state index is 10.3. The highest BCUT2D eigenvalue weighted by atomic mass is 16.5. The van der Waals surface area contributed by atoms with Crippen LogP contribution in [0.2, 0.25) is 0 Å².